The molecule has 9 amide bonds. The molecule has 4 saturated heterocycles. The molecule has 27 nitrogen and oxygen atoms in total. The topological polar surface area (TPSA) is 329 Å². The minimum atomic E-state index is -0.347. The quantitative estimate of drug-likeness (QED) is 0.0135. The Labute approximate surface area is 747 Å². The third-order valence-electron chi connectivity index (χ3n) is 27.4. The van der Waals surface area contributed by atoms with Crippen molar-refractivity contribution in [3.63, 3.8) is 0 Å². The number of carbonyl (C=O) groups is 10. The number of amides is 9. The van der Waals surface area contributed by atoms with Crippen molar-refractivity contribution in [1.29, 1.82) is 0 Å². The molecule has 10 N–H and O–H groups in total. The maximum Gasteiger partial charge on any atom is 0.324 e. The zero-order valence-electron chi connectivity index (χ0n) is 75.9. The lowest BCUT2D eigenvalue weighted by atomic mass is 9.71. The average molecular weight is 1740 g/mol. The first-order valence-electron chi connectivity index (χ1n) is 46.5. The average Bonchev–Trinajstić information content (AvgIpc) is 1.68. The van der Waals surface area contributed by atoms with Gasteiger partial charge in [-0.25, -0.2) is 14.4 Å². The molecule has 0 radical (unpaired) electrons. The second-order valence-corrected chi connectivity index (χ2v) is 36.1. The highest BCUT2D eigenvalue weighted by atomic mass is 16.2. The number of hydrogen-bond acceptors (Lipinski definition) is 17. The minimum absolute atomic E-state index is 0.0637. The highest BCUT2D eigenvalue weighted by Crippen LogP contribution is 2.50. The Balaban J connectivity index is 0.000000147. The number of urea groups is 3. The lowest BCUT2D eigenvalue weighted by Gasteiger charge is -2.47. The van der Waals surface area contributed by atoms with Crippen LogP contribution in [0, 0.1) is 23.7 Å². The summed E-state index contributed by atoms with van der Waals surface area (Å²) in [7, 11) is 0. The fourth-order valence-electron chi connectivity index (χ4n) is 21.9. The van der Waals surface area contributed by atoms with Crippen molar-refractivity contribution in [3.05, 3.63) is 180 Å². The molecule has 4 aliphatic heterocycles. The summed E-state index contributed by atoms with van der Waals surface area (Å²) in [6.07, 6.45) is 24.3. The number of imide groups is 3. The number of hydrogen-bond donors (Lipinski definition) is 10. The fraction of sp³-hybridized carbons (Fsp3) is 0.520. The van der Waals surface area contributed by atoms with Crippen LogP contribution in [0.3, 0.4) is 0 Å². The number of aromatic nitrogens is 4. The van der Waals surface area contributed by atoms with E-state index < -0.39 is 0 Å². The number of piperidine rings is 4. The monoisotopic (exact) mass is 1730 g/mol. The van der Waals surface area contributed by atoms with Crippen molar-refractivity contribution < 1.29 is 47.9 Å². The van der Waals surface area contributed by atoms with E-state index in [4.69, 9.17) is 0 Å². The molecule has 680 valence electrons. The standard InChI is InChI=1S/3C27H37N5O3.C19H24N2O/c3*1-4-11-31-17-20(26(34)32(27(35)29-5-2)12-7-10-28-15-18(3)33)13-22-21-8-6-9-23-25(21)19(16-30-23)14-24(22)31;1-3-7-21-11-14(12(2)22)8-16-15-5-4-6-17-19(15)13(10-20-17)9-18(16)21/h3*4,6,8-9,16,20,22,24,28,30H,1,5,7,10-15,17H2,2-3H3,(H,29,35);4-6,10,14,16,18,20H,3,7-9,11H2,1-2H3/t3*20-,22-,24-;14-,16-,18-/m1111/s1. The van der Waals surface area contributed by atoms with Crippen molar-refractivity contribution in [1.82, 2.24) is 86.1 Å². The first kappa shape index (κ1) is 94.1. The first-order valence-corrected chi connectivity index (χ1v) is 46.5. The molecule has 0 unspecified atom stereocenters. The van der Waals surface area contributed by atoms with Crippen molar-refractivity contribution in [3.8, 4) is 0 Å². The number of rotatable bonds is 33. The number of aromatic amines is 4. The maximum atomic E-state index is 13.8. The number of nitrogens with zero attached hydrogens (tertiary/aromatic N) is 7. The zero-order valence-corrected chi connectivity index (χ0v) is 75.9. The first-order chi connectivity index (χ1) is 61.5. The van der Waals surface area contributed by atoms with Crippen molar-refractivity contribution in [2.45, 2.75) is 180 Å². The number of Topliss-reactive ketones (excluding diaryl/α,β-unsaturated/α-hetero) is 4. The van der Waals surface area contributed by atoms with Crippen LogP contribution in [0.5, 0.6) is 0 Å². The molecular formula is C100H135N17O10. The van der Waals surface area contributed by atoms with Crippen molar-refractivity contribution in [2.75, 3.05) is 131 Å². The predicted molar refractivity (Wildman–Crippen MR) is 501 cm³/mol. The molecule has 127 heavy (non-hydrogen) atoms. The van der Waals surface area contributed by atoms with Gasteiger partial charge in [-0.1, -0.05) is 73.7 Å². The molecule has 4 aromatic heterocycles. The maximum absolute atomic E-state index is 13.8. The smallest absolute Gasteiger partial charge is 0.324 e. The molecule has 8 aliphatic rings. The van der Waals surface area contributed by atoms with Crippen molar-refractivity contribution in [2.24, 2.45) is 23.7 Å². The van der Waals surface area contributed by atoms with E-state index in [0.29, 0.717) is 173 Å². The van der Waals surface area contributed by atoms with Gasteiger partial charge in [0, 0.05) is 207 Å². The Morgan fingerprint density at radius 1 is 0.386 bits per heavy atom. The summed E-state index contributed by atoms with van der Waals surface area (Å²) in [6.45, 7) is 36.9. The molecule has 8 aromatic rings. The normalized spacial score (nSPS) is 22.5. The summed E-state index contributed by atoms with van der Waals surface area (Å²) in [4.78, 5) is 153. The molecule has 0 bridgehead atoms. The van der Waals surface area contributed by atoms with Gasteiger partial charge in [0.05, 0.1) is 37.4 Å². The van der Waals surface area contributed by atoms with E-state index in [0.717, 1.165) is 87.4 Å². The van der Waals surface area contributed by atoms with E-state index >= 15 is 0 Å². The van der Waals surface area contributed by atoms with Crippen LogP contribution in [0.15, 0.2) is 136 Å². The van der Waals surface area contributed by atoms with E-state index in [1.807, 2.05) is 39.0 Å². The minimum Gasteiger partial charge on any atom is -0.361 e. The molecule has 0 saturated carbocycles. The molecule has 16 rings (SSSR count). The summed E-state index contributed by atoms with van der Waals surface area (Å²) in [5.74, 6) is 0.701. The van der Waals surface area contributed by atoms with E-state index in [1.54, 1.807) is 6.92 Å². The van der Waals surface area contributed by atoms with Gasteiger partial charge in [-0.2, -0.15) is 0 Å². The molecule has 4 aliphatic carbocycles. The van der Waals surface area contributed by atoms with Gasteiger partial charge in [-0.05, 0) is 220 Å². The van der Waals surface area contributed by atoms with Gasteiger partial charge < -0.3 is 51.8 Å². The van der Waals surface area contributed by atoms with Gasteiger partial charge in [0.1, 0.15) is 23.1 Å². The lowest BCUT2D eigenvalue weighted by molar-refractivity contribution is -0.136. The van der Waals surface area contributed by atoms with Crippen LogP contribution in [-0.4, -0.2) is 268 Å². The Bertz CT molecular complexity index is 4860. The van der Waals surface area contributed by atoms with E-state index in [2.05, 4.69) is 196 Å². The number of benzene rings is 4. The predicted octanol–water partition coefficient (Wildman–Crippen LogP) is 11.9. The van der Waals surface area contributed by atoms with Crippen molar-refractivity contribution >= 4 is 103 Å². The summed E-state index contributed by atoms with van der Waals surface area (Å²) in [5, 5.41) is 22.9. The highest BCUT2D eigenvalue weighted by Gasteiger charge is 2.49. The van der Waals surface area contributed by atoms with Gasteiger partial charge in [0.25, 0.3) is 0 Å². The van der Waals surface area contributed by atoms with Crippen LogP contribution in [0.2, 0.25) is 0 Å². The number of likely N-dealkylation sites (tertiary alicyclic amines) is 4. The van der Waals surface area contributed by atoms with E-state index in [-0.39, 0.29) is 94.6 Å². The zero-order chi connectivity index (χ0) is 90.1. The highest BCUT2D eigenvalue weighted by molar-refractivity contribution is 5.99. The van der Waals surface area contributed by atoms with Gasteiger partial charge in [0.15, 0.2) is 0 Å². The van der Waals surface area contributed by atoms with Gasteiger partial charge >= 0.3 is 18.1 Å². The lowest BCUT2D eigenvalue weighted by Crippen LogP contribution is -2.55. The molecule has 12 atom stereocenters. The largest absolute Gasteiger partial charge is 0.361 e. The molecular weight excluding hydrogens is 1600 g/mol. The SMILES string of the molecule is C=CCN1C[C@H](C(=O)N(CCCNCC(C)=O)C(=O)NCC)C[C@@H]2c3cccc4[nH]cc(c34)C[C@H]21.C=CCN1C[C@H](C(=O)N(CCCNCC(C)=O)C(=O)NCC)C[C@@H]2c3cccc4[nH]cc(c34)C[C@H]21.C=CCN1C[C@H](C(=O)N(CCCNCC(C)=O)C(=O)NCC)C[C@@H]2c3cccc4[nH]cc(c34)C[C@H]21.CCCN1C[C@H](C(C)=O)C[C@@H]2c3cccc4[nH]cc(c34)C[C@H]21. The second kappa shape index (κ2) is 44.0. The van der Waals surface area contributed by atoms with Crippen LogP contribution >= 0.6 is 0 Å². The Kier molecular flexibility index (Phi) is 32.6. The molecule has 27 heteroatoms. The van der Waals surface area contributed by atoms with Crippen LogP contribution in [0.1, 0.15) is 175 Å². The van der Waals surface area contributed by atoms with Crippen LogP contribution in [-0.2, 0) is 59.2 Å². The molecule has 4 fully saturated rings. The van der Waals surface area contributed by atoms with Crippen LogP contribution in [0.25, 0.3) is 43.6 Å². The van der Waals surface area contributed by atoms with Crippen LogP contribution in [0.4, 0.5) is 14.4 Å². The van der Waals surface area contributed by atoms with Gasteiger partial charge in [0.2, 0.25) is 17.7 Å². The number of carbonyl (C=O) groups excluding carboxylic acids is 10. The molecule has 8 heterocycles. The molecule has 4 aromatic carbocycles. The summed E-state index contributed by atoms with van der Waals surface area (Å²) in [5.41, 5.74) is 15.4. The van der Waals surface area contributed by atoms with Gasteiger partial charge in [-0.15, -0.1) is 19.7 Å². The summed E-state index contributed by atoms with van der Waals surface area (Å²) in [6, 6.07) is 26.2. The van der Waals surface area contributed by atoms with Gasteiger partial charge in [-0.3, -0.25) is 67.9 Å². The number of H-pyrrole nitrogens is 4. The Morgan fingerprint density at radius 3 is 0.906 bits per heavy atom. The Morgan fingerprint density at radius 2 is 0.654 bits per heavy atom. The molecule has 0 spiro atoms. The summed E-state index contributed by atoms with van der Waals surface area (Å²) < 4.78 is 0. The third kappa shape index (κ3) is 21.6. The van der Waals surface area contributed by atoms with E-state index in [9.17, 15) is 47.9 Å². The summed E-state index contributed by atoms with van der Waals surface area (Å²) >= 11 is 0. The second-order valence-electron chi connectivity index (χ2n) is 36.1. The third-order valence-corrected chi connectivity index (χ3v) is 27.4. The Hall–Kier alpha value is -10.5. The number of nitrogens with one attached hydrogen (secondary N) is 10. The van der Waals surface area contributed by atoms with Crippen LogP contribution < -0.4 is 31.9 Å². The number of fused-ring (bicyclic) bond motifs is 8. The van der Waals surface area contributed by atoms with E-state index in [1.165, 1.54) is 107 Å². The number of ketones is 4. The fourth-order valence-corrected chi connectivity index (χ4v) is 21.9.